The minimum absolute atomic E-state index is 0.725. The Morgan fingerprint density at radius 1 is 1.47 bits per heavy atom. The zero-order valence-corrected chi connectivity index (χ0v) is 9.98. The molecule has 2 N–H and O–H groups in total. The van der Waals surface area contributed by atoms with Gasteiger partial charge >= 0.3 is 0 Å². The van der Waals surface area contributed by atoms with Crippen molar-refractivity contribution in [3.8, 4) is 11.3 Å². The average Bonchev–Trinajstić information content (AvgIpc) is 2.99. The molecule has 1 unspecified atom stereocenters. The van der Waals surface area contributed by atoms with Gasteiger partial charge in [0.25, 0.3) is 0 Å². The Morgan fingerprint density at radius 3 is 3.12 bits per heavy atom. The molecule has 1 fully saturated rings. The predicted octanol–water partition coefficient (Wildman–Crippen LogP) is 0.962. The quantitative estimate of drug-likeness (QED) is 0.827. The van der Waals surface area contributed by atoms with E-state index < -0.39 is 0 Å². The van der Waals surface area contributed by atoms with Crippen LogP contribution in [0.2, 0.25) is 0 Å². The molecule has 0 radical (unpaired) electrons. The van der Waals surface area contributed by atoms with Gasteiger partial charge in [0, 0.05) is 25.2 Å². The first-order chi connectivity index (χ1) is 8.31. The Kier molecular flexibility index (Phi) is 2.68. The summed E-state index contributed by atoms with van der Waals surface area (Å²) in [6, 6.07) is 0. The van der Waals surface area contributed by atoms with Crippen LogP contribution in [0.1, 0.15) is 12.2 Å². The zero-order valence-electron chi connectivity index (χ0n) is 9.98. The summed E-state index contributed by atoms with van der Waals surface area (Å²) in [6.45, 7) is 2.25. The number of H-pyrrole nitrogens is 1. The molecule has 1 saturated heterocycles. The van der Waals surface area contributed by atoms with E-state index in [9.17, 15) is 0 Å². The summed E-state index contributed by atoms with van der Waals surface area (Å²) in [5, 5.41) is 7.54. The third-order valence-corrected chi connectivity index (χ3v) is 3.29. The summed E-state index contributed by atoms with van der Waals surface area (Å²) in [5.41, 5.74) is 2.15. The van der Waals surface area contributed by atoms with Crippen molar-refractivity contribution < 1.29 is 0 Å². The molecule has 3 rings (SSSR count). The summed E-state index contributed by atoms with van der Waals surface area (Å²) in [7, 11) is 1.92. The van der Waals surface area contributed by atoms with E-state index >= 15 is 0 Å². The van der Waals surface area contributed by atoms with Gasteiger partial charge in [-0.15, -0.1) is 0 Å². The summed E-state index contributed by atoms with van der Waals surface area (Å²) in [4.78, 5) is 7.82. The van der Waals surface area contributed by atoms with Crippen molar-refractivity contribution in [2.24, 2.45) is 13.0 Å². The molecule has 90 valence electrons. The van der Waals surface area contributed by atoms with Crippen molar-refractivity contribution in [3.63, 3.8) is 0 Å². The molecule has 0 bridgehead atoms. The Hall–Kier alpha value is -1.62. The molecule has 3 heterocycles. The maximum absolute atomic E-state index is 4.44. The highest BCUT2D eigenvalue weighted by Crippen LogP contribution is 2.18. The van der Waals surface area contributed by atoms with Crippen LogP contribution in [0.15, 0.2) is 18.6 Å². The lowest BCUT2D eigenvalue weighted by molar-refractivity contribution is 0.565. The molecule has 2 aromatic heterocycles. The van der Waals surface area contributed by atoms with E-state index in [1.54, 1.807) is 4.68 Å². The Labute approximate surface area is 100 Å². The highest BCUT2D eigenvalue weighted by atomic mass is 15.2. The monoisotopic (exact) mass is 231 g/mol. The number of aromatic amines is 1. The Morgan fingerprint density at radius 2 is 2.41 bits per heavy atom. The number of nitrogens with one attached hydrogen (secondary N) is 2. The van der Waals surface area contributed by atoms with Crippen LogP contribution < -0.4 is 5.32 Å². The maximum Gasteiger partial charge on any atom is 0.106 e. The molecule has 1 atom stereocenters. The van der Waals surface area contributed by atoms with Crippen molar-refractivity contribution in [3.05, 3.63) is 24.4 Å². The number of aryl methyl sites for hydroxylation is 1. The minimum atomic E-state index is 0.725. The topological polar surface area (TPSA) is 58.5 Å². The van der Waals surface area contributed by atoms with Crippen molar-refractivity contribution in [1.29, 1.82) is 0 Å². The molecule has 1 aliphatic rings. The van der Waals surface area contributed by atoms with E-state index in [2.05, 4.69) is 20.4 Å². The van der Waals surface area contributed by atoms with E-state index in [0.29, 0.717) is 0 Å². The second-order valence-corrected chi connectivity index (χ2v) is 4.71. The van der Waals surface area contributed by atoms with Crippen molar-refractivity contribution in [1.82, 2.24) is 25.1 Å². The Bertz CT molecular complexity index is 492. The van der Waals surface area contributed by atoms with Gasteiger partial charge in [0.15, 0.2) is 0 Å². The van der Waals surface area contributed by atoms with Gasteiger partial charge in [0.05, 0.1) is 18.1 Å². The standard InChI is InChI=1S/C12H17N5/c1-17-8-10(6-15-17)11-7-14-12(16-11)4-9-2-3-13-5-9/h6-9,13H,2-5H2,1H3,(H,14,16). The molecule has 5 heteroatoms. The van der Waals surface area contributed by atoms with Gasteiger partial charge < -0.3 is 10.3 Å². The molecule has 0 aliphatic carbocycles. The number of rotatable bonds is 3. The van der Waals surface area contributed by atoms with Crippen molar-refractivity contribution in [2.75, 3.05) is 13.1 Å². The van der Waals surface area contributed by atoms with Gasteiger partial charge in [-0.2, -0.15) is 5.10 Å². The number of imidazole rings is 1. The summed E-state index contributed by atoms with van der Waals surface area (Å²) in [6.07, 6.45) is 8.04. The summed E-state index contributed by atoms with van der Waals surface area (Å²) >= 11 is 0. The second-order valence-electron chi connectivity index (χ2n) is 4.71. The van der Waals surface area contributed by atoms with E-state index in [-0.39, 0.29) is 0 Å². The molecular weight excluding hydrogens is 214 g/mol. The molecular formula is C12H17N5. The highest BCUT2D eigenvalue weighted by molar-refractivity contribution is 5.55. The van der Waals surface area contributed by atoms with Gasteiger partial charge in [-0.1, -0.05) is 0 Å². The number of hydrogen-bond acceptors (Lipinski definition) is 3. The van der Waals surface area contributed by atoms with Crippen LogP contribution >= 0.6 is 0 Å². The average molecular weight is 231 g/mol. The molecule has 0 saturated carbocycles. The van der Waals surface area contributed by atoms with Crippen molar-refractivity contribution >= 4 is 0 Å². The van der Waals surface area contributed by atoms with Gasteiger partial charge in [0.1, 0.15) is 5.82 Å². The predicted molar refractivity (Wildman–Crippen MR) is 65.5 cm³/mol. The zero-order chi connectivity index (χ0) is 11.7. The van der Waals surface area contributed by atoms with Crippen LogP contribution in [0.5, 0.6) is 0 Å². The van der Waals surface area contributed by atoms with Gasteiger partial charge in [-0.25, -0.2) is 4.98 Å². The van der Waals surface area contributed by atoms with E-state index in [4.69, 9.17) is 0 Å². The fraction of sp³-hybridized carbons (Fsp3) is 0.500. The lowest BCUT2D eigenvalue weighted by Gasteiger charge is -2.04. The summed E-state index contributed by atoms with van der Waals surface area (Å²) < 4.78 is 1.80. The third kappa shape index (κ3) is 2.24. The van der Waals surface area contributed by atoms with Gasteiger partial charge in [-0.3, -0.25) is 4.68 Å². The number of hydrogen-bond donors (Lipinski definition) is 2. The fourth-order valence-electron chi connectivity index (χ4n) is 2.34. The van der Waals surface area contributed by atoms with Crippen LogP contribution in [-0.2, 0) is 13.5 Å². The smallest absolute Gasteiger partial charge is 0.106 e. The van der Waals surface area contributed by atoms with E-state index in [1.807, 2.05) is 25.6 Å². The molecule has 1 aliphatic heterocycles. The van der Waals surface area contributed by atoms with E-state index in [0.717, 1.165) is 42.5 Å². The van der Waals surface area contributed by atoms with Crippen LogP contribution in [-0.4, -0.2) is 32.8 Å². The van der Waals surface area contributed by atoms with Crippen LogP contribution in [0.3, 0.4) is 0 Å². The molecule has 0 amide bonds. The van der Waals surface area contributed by atoms with Crippen LogP contribution in [0.25, 0.3) is 11.3 Å². The normalized spacial score (nSPS) is 19.9. The molecule has 0 aromatic carbocycles. The lowest BCUT2D eigenvalue weighted by Crippen LogP contribution is -2.11. The second kappa shape index (κ2) is 4.33. The molecule has 5 nitrogen and oxygen atoms in total. The highest BCUT2D eigenvalue weighted by Gasteiger charge is 2.16. The summed E-state index contributed by atoms with van der Waals surface area (Å²) in [5.74, 6) is 1.81. The van der Waals surface area contributed by atoms with Crippen LogP contribution in [0.4, 0.5) is 0 Å². The molecule has 0 spiro atoms. The molecule has 2 aromatic rings. The van der Waals surface area contributed by atoms with Crippen LogP contribution in [0, 0.1) is 5.92 Å². The first kappa shape index (κ1) is 10.5. The SMILES string of the molecule is Cn1cc(-c2cnc(CC3CCNC3)[nH]2)cn1. The van der Waals surface area contributed by atoms with Crippen molar-refractivity contribution in [2.45, 2.75) is 12.8 Å². The third-order valence-electron chi connectivity index (χ3n) is 3.29. The fourth-order valence-corrected chi connectivity index (χ4v) is 2.34. The Balaban J connectivity index is 1.73. The lowest BCUT2D eigenvalue weighted by atomic mass is 10.1. The van der Waals surface area contributed by atoms with E-state index in [1.165, 1.54) is 6.42 Å². The van der Waals surface area contributed by atoms with Gasteiger partial charge in [0.2, 0.25) is 0 Å². The first-order valence-electron chi connectivity index (χ1n) is 6.05. The minimum Gasteiger partial charge on any atom is -0.342 e. The number of nitrogens with zero attached hydrogens (tertiary/aromatic N) is 3. The maximum atomic E-state index is 4.44. The number of aromatic nitrogens is 4. The van der Waals surface area contributed by atoms with Gasteiger partial charge in [-0.05, 0) is 25.4 Å². The molecule has 17 heavy (non-hydrogen) atoms. The first-order valence-corrected chi connectivity index (χ1v) is 6.05. The largest absolute Gasteiger partial charge is 0.342 e.